The van der Waals surface area contributed by atoms with E-state index >= 15 is 0 Å². The lowest BCUT2D eigenvalue weighted by Crippen LogP contribution is -2.47. The van der Waals surface area contributed by atoms with Crippen LogP contribution in [-0.4, -0.2) is 51.2 Å². The molecular formula is C12H15N3O5. The van der Waals surface area contributed by atoms with Gasteiger partial charge in [-0.1, -0.05) is 0 Å². The summed E-state index contributed by atoms with van der Waals surface area (Å²) in [4.78, 5) is 38.3. The van der Waals surface area contributed by atoms with Gasteiger partial charge in [0, 0.05) is 26.0 Å². The van der Waals surface area contributed by atoms with E-state index in [-0.39, 0.29) is 6.54 Å². The molecule has 2 amide bonds. The third-order valence-electron chi connectivity index (χ3n) is 2.49. The predicted octanol–water partition coefficient (Wildman–Crippen LogP) is 0.151. The molecule has 1 rings (SSSR count). The van der Waals surface area contributed by atoms with Crippen molar-refractivity contribution in [1.29, 1.82) is 0 Å². The molecule has 0 aliphatic heterocycles. The lowest BCUT2D eigenvalue weighted by atomic mass is 10.2. The number of rotatable bonds is 6. The van der Waals surface area contributed by atoms with Gasteiger partial charge >= 0.3 is 18.0 Å². The number of carbonyl (C=O) groups is 3. The molecule has 1 atom stereocenters. The second kappa shape index (κ2) is 7.07. The van der Waals surface area contributed by atoms with Crippen LogP contribution in [-0.2, 0) is 16.1 Å². The Morgan fingerprint density at radius 1 is 1.30 bits per heavy atom. The van der Waals surface area contributed by atoms with Crippen LogP contribution in [0.1, 0.15) is 12.0 Å². The number of hydrogen-bond acceptors (Lipinski definition) is 4. The minimum atomic E-state index is -1.46. The molecule has 0 saturated heterocycles. The molecule has 0 spiro atoms. The first-order chi connectivity index (χ1) is 9.40. The number of nitrogens with zero attached hydrogens (tertiary/aromatic N) is 2. The van der Waals surface area contributed by atoms with Crippen molar-refractivity contribution in [1.82, 2.24) is 15.2 Å². The average molecular weight is 281 g/mol. The molecule has 1 aromatic heterocycles. The zero-order chi connectivity index (χ0) is 15.1. The van der Waals surface area contributed by atoms with Crippen LogP contribution in [0.25, 0.3) is 0 Å². The molecule has 0 saturated carbocycles. The Kier molecular flexibility index (Phi) is 5.45. The van der Waals surface area contributed by atoms with Crippen LogP contribution in [0.2, 0.25) is 0 Å². The van der Waals surface area contributed by atoms with Crippen LogP contribution in [0.4, 0.5) is 4.79 Å². The second-order valence-corrected chi connectivity index (χ2v) is 4.15. The maximum absolute atomic E-state index is 11.8. The van der Waals surface area contributed by atoms with Gasteiger partial charge < -0.3 is 20.4 Å². The Bertz CT molecular complexity index is 491. The fourth-order valence-electron chi connectivity index (χ4n) is 1.47. The standard InChI is InChI=1S/C12H15N3O5/c1-15(7-8-2-4-13-5-3-8)12(20)14-9(11(18)19)6-10(16)17/h2-5,9H,6-7H2,1H3,(H,14,20)(H,16,17)(H,18,19)/t9-/m1/s1. The summed E-state index contributed by atoms with van der Waals surface area (Å²) in [5.41, 5.74) is 0.822. The molecule has 0 fully saturated rings. The Labute approximate surface area is 115 Å². The van der Waals surface area contributed by atoms with E-state index in [1.807, 2.05) is 0 Å². The van der Waals surface area contributed by atoms with E-state index in [1.54, 1.807) is 24.5 Å². The van der Waals surface area contributed by atoms with Gasteiger partial charge in [0.15, 0.2) is 0 Å². The number of amides is 2. The van der Waals surface area contributed by atoms with Gasteiger partial charge in [0.25, 0.3) is 0 Å². The zero-order valence-corrected chi connectivity index (χ0v) is 10.8. The average Bonchev–Trinajstić information content (AvgIpc) is 2.38. The van der Waals surface area contributed by atoms with E-state index in [1.165, 1.54) is 11.9 Å². The summed E-state index contributed by atoms with van der Waals surface area (Å²) in [6, 6.07) is 1.32. The summed E-state index contributed by atoms with van der Waals surface area (Å²) in [5.74, 6) is -2.69. The van der Waals surface area contributed by atoms with Crippen molar-refractivity contribution in [3.63, 3.8) is 0 Å². The first-order valence-corrected chi connectivity index (χ1v) is 5.75. The number of urea groups is 1. The molecule has 0 aliphatic carbocycles. The Morgan fingerprint density at radius 3 is 2.40 bits per heavy atom. The summed E-state index contributed by atoms with van der Waals surface area (Å²) >= 11 is 0. The summed E-state index contributed by atoms with van der Waals surface area (Å²) in [6.07, 6.45) is 2.47. The molecular weight excluding hydrogens is 266 g/mol. The molecule has 3 N–H and O–H groups in total. The van der Waals surface area contributed by atoms with Crippen molar-refractivity contribution in [2.24, 2.45) is 0 Å². The predicted molar refractivity (Wildman–Crippen MR) is 67.9 cm³/mol. The topological polar surface area (TPSA) is 120 Å². The molecule has 8 nitrogen and oxygen atoms in total. The summed E-state index contributed by atoms with van der Waals surface area (Å²) in [7, 11) is 1.48. The smallest absolute Gasteiger partial charge is 0.326 e. The van der Waals surface area contributed by atoms with Crippen LogP contribution in [0, 0.1) is 0 Å². The molecule has 0 bridgehead atoms. The van der Waals surface area contributed by atoms with E-state index in [4.69, 9.17) is 10.2 Å². The molecule has 20 heavy (non-hydrogen) atoms. The Morgan fingerprint density at radius 2 is 1.90 bits per heavy atom. The van der Waals surface area contributed by atoms with Gasteiger partial charge in [-0.2, -0.15) is 0 Å². The first-order valence-electron chi connectivity index (χ1n) is 5.75. The molecule has 0 unspecified atom stereocenters. The minimum absolute atomic E-state index is 0.258. The SMILES string of the molecule is CN(Cc1ccncc1)C(=O)N[C@H](CC(=O)O)C(=O)O. The maximum Gasteiger partial charge on any atom is 0.326 e. The normalized spacial score (nSPS) is 11.4. The number of carbonyl (C=O) groups excluding carboxylic acids is 1. The molecule has 1 aromatic rings. The quantitative estimate of drug-likeness (QED) is 0.682. The van der Waals surface area contributed by atoms with E-state index in [0.717, 1.165) is 5.56 Å². The first kappa shape index (κ1) is 15.4. The van der Waals surface area contributed by atoms with Crippen LogP contribution in [0.5, 0.6) is 0 Å². The highest BCUT2D eigenvalue weighted by Gasteiger charge is 2.24. The third kappa shape index (κ3) is 4.92. The van der Waals surface area contributed by atoms with E-state index < -0.39 is 30.4 Å². The van der Waals surface area contributed by atoms with Crippen LogP contribution in [0.3, 0.4) is 0 Å². The van der Waals surface area contributed by atoms with Crippen molar-refractivity contribution in [2.45, 2.75) is 19.0 Å². The fraction of sp³-hybridized carbons (Fsp3) is 0.333. The zero-order valence-electron chi connectivity index (χ0n) is 10.8. The number of hydrogen-bond donors (Lipinski definition) is 3. The highest BCUT2D eigenvalue weighted by Crippen LogP contribution is 2.02. The highest BCUT2D eigenvalue weighted by atomic mass is 16.4. The van der Waals surface area contributed by atoms with Gasteiger partial charge in [-0.25, -0.2) is 9.59 Å². The lowest BCUT2D eigenvalue weighted by Gasteiger charge is -2.20. The van der Waals surface area contributed by atoms with Crippen LogP contribution < -0.4 is 5.32 Å². The van der Waals surface area contributed by atoms with Crippen molar-refractivity contribution in [3.05, 3.63) is 30.1 Å². The molecule has 1 heterocycles. The Hall–Kier alpha value is -2.64. The fourth-order valence-corrected chi connectivity index (χ4v) is 1.47. The van der Waals surface area contributed by atoms with Gasteiger partial charge in [-0.3, -0.25) is 9.78 Å². The van der Waals surface area contributed by atoms with Gasteiger partial charge in [0.05, 0.1) is 6.42 Å². The number of pyridine rings is 1. The number of aromatic nitrogens is 1. The molecule has 8 heteroatoms. The van der Waals surface area contributed by atoms with Gasteiger partial charge in [-0.15, -0.1) is 0 Å². The van der Waals surface area contributed by atoms with E-state index in [0.29, 0.717) is 0 Å². The number of nitrogens with one attached hydrogen (secondary N) is 1. The van der Waals surface area contributed by atoms with E-state index in [9.17, 15) is 14.4 Å². The summed E-state index contributed by atoms with van der Waals surface area (Å²) in [6.45, 7) is 0.258. The van der Waals surface area contributed by atoms with Crippen molar-refractivity contribution in [2.75, 3.05) is 7.05 Å². The number of carboxylic acid groups (broad SMARTS) is 2. The van der Waals surface area contributed by atoms with E-state index in [2.05, 4.69) is 10.3 Å². The number of carboxylic acids is 2. The molecule has 0 aromatic carbocycles. The van der Waals surface area contributed by atoms with Crippen LogP contribution >= 0.6 is 0 Å². The molecule has 0 radical (unpaired) electrons. The third-order valence-corrected chi connectivity index (χ3v) is 2.49. The molecule has 0 aliphatic rings. The van der Waals surface area contributed by atoms with Gasteiger partial charge in [0.2, 0.25) is 0 Å². The summed E-state index contributed by atoms with van der Waals surface area (Å²) in [5, 5.41) is 19.6. The lowest BCUT2D eigenvalue weighted by molar-refractivity contribution is -0.145. The van der Waals surface area contributed by atoms with Crippen molar-refractivity contribution in [3.8, 4) is 0 Å². The second-order valence-electron chi connectivity index (χ2n) is 4.15. The maximum atomic E-state index is 11.8. The summed E-state index contributed by atoms with van der Waals surface area (Å²) < 4.78 is 0. The van der Waals surface area contributed by atoms with Crippen LogP contribution in [0.15, 0.2) is 24.5 Å². The molecule has 108 valence electrons. The van der Waals surface area contributed by atoms with Crippen molar-refractivity contribution < 1.29 is 24.6 Å². The minimum Gasteiger partial charge on any atom is -0.481 e. The highest BCUT2D eigenvalue weighted by molar-refractivity contribution is 5.86. The van der Waals surface area contributed by atoms with Gasteiger partial charge in [-0.05, 0) is 17.7 Å². The largest absolute Gasteiger partial charge is 0.481 e. The Balaban J connectivity index is 2.59. The number of aliphatic carboxylic acids is 2. The van der Waals surface area contributed by atoms with Gasteiger partial charge in [0.1, 0.15) is 6.04 Å². The monoisotopic (exact) mass is 281 g/mol. The van der Waals surface area contributed by atoms with Crippen molar-refractivity contribution >= 4 is 18.0 Å².